The monoisotopic (exact) mass is 403 g/mol. The molecule has 0 aliphatic heterocycles. The fourth-order valence-corrected chi connectivity index (χ4v) is 3.92. The molecule has 2 aliphatic rings. The summed E-state index contributed by atoms with van der Waals surface area (Å²) in [5.41, 5.74) is -0.411. The van der Waals surface area contributed by atoms with Gasteiger partial charge in [0.1, 0.15) is 11.1 Å². The Morgan fingerprint density at radius 3 is 2.24 bits per heavy atom. The second kappa shape index (κ2) is 10.1. The number of nitrogens with zero attached hydrogens (tertiary/aromatic N) is 1. The minimum absolute atomic E-state index is 0.0277. The van der Waals surface area contributed by atoms with Crippen molar-refractivity contribution in [1.29, 1.82) is 0 Å². The molecular weight excluding hydrogens is 370 g/mol. The summed E-state index contributed by atoms with van der Waals surface area (Å²) in [4.78, 5) is 38.7. The molecule has 1 heterocycles. The molecule has 2 saturated carbocycles. The highest BCUT2D eigenvalue weighted by atomic mass is 16.5. The minimum atomic E-state index is -0.502. The maximum absolute atomic E-state index is 13.0. The van der Waals surface area contributed by atoms with Crippen molar-refractivity contribution < 1.29 is 14.3 Å². The van der Waals surface area contributed by atoms with E-state index in [9.17, 15) is 14.4 Å². The Hall–Kier alpha value is -2.15. The van der Waals surface area contributed by atoms with Crippen LogP contribution in [0.15, 0.2) is 17.2 Å². The third kappa shape index (κ3) is 5.69. The molecule has 2 N–H and O–H groups in total. The van der Waals surface area contributed by atoms with Crippen molar-refractivity contribution >= 4 is 11.8 Å². The van der Waals surface area contributed by atoms with Gasteiger partial charge in [-0.1, -0.05) is 32.6 Å². The molecule has 7 nitrogen and oxygen atoms in total. The molecule has 1 unspecified atom stereocenters. The van der Waals surface area contributed by atoms with E-state index >= 15 is 0 Å². The number of carbonyl (C=O) groups excluding carboxylic acids is 2. The van der Waals surface area contributed by atoms with Crippen molar-refractivity contribution in [3.05, 3.63) is 33.7 Å². The summed E-state index contributed by atoms with van der Waals surface area (Å²) in [6, 6.07) is 0.180. The molecule has 0 aromatic carbocycles. The van der Waals surface area contributed by atoms with Crippen LogP contribution >= 0.6 is 0 Å². The third-order valence-electron chi connectivity index (χ3n) is 5.89. The van der Waals surface area contributed by atoms with Gasteiger partial charge in [-0.25, -0.2) is 0 Å². The Balaban J connectivity index is 1.84. The summed E-state index contributed by atoms with van der Waals surface area (Å²) in [5.74, 6) is -0.813. The number of nitrogens with one attached hydrogen (secondary N) is 2. The van der Waals surface area contributed by atoms with Gasteiger partial charge in [-0.2, -0.15) is 0 Å². The van der Waals surface area contributed by atoms with E-state index in [2.05, 4.69) is 10.6 Å². The number of ether oxygens (including phenoxy) is 1. The molecule has 0 bridgehead atoms. The Bertz CT molecular complexity index is 777. The zero-order chi connectivity index (χ0) is 20.8. The van der Waals surface area contributed by atoms with Crippen LogP contribution in [0, 0.1) is 0 Å². The van der Waals surface area contributed by atoms with Gasteiger partial charge in [-0.05, 0) is 32.1 Å². The number of amides is 2. The second-order valence-corrected chi connectivity index (χ2v) is 8.29. The first-order valence-electron chi connectivity index (χ1n) is 10.9. The number of rotatable bonds is 8. The van der Waals surface area contributed by atoms with Crippen LogP contribution in [0.2, 0.25) is 0 Å². The summed E-state index contributed by atoms with van der Waals surface area (Å²) in [6.45, 7) is 2.32. The molecule has 0 saturated heterocycles. The fourth-order valence-electron chi connectivity index (χ4n) is 3.92. The van der Waals surface area contributed by atoms with E-state index in [1.165, 1.54) is 12.8 Å². The quantitative estimate of drug-likeness (QED) is 0.653. The number of pyridine rings is 1. The van der Waals surface area contributed by atoms with Crippen molar-refractivity contribution in [2.24, 2.45) is 0 Å². The zero-order valence-electron chi connectivity index (χ0n) is 17.5. The van der Waals surface area contributed by atoms with E-state index in [0.717, 1.165) is 38.5 Å². The normalized spacial score (nSPS) is 18.7. The van der Waals surface area contributed by atoms with Crippen LogP contribution in [-0.4, -0.2) is 42.2 Å². The van der Waals surface area contributed by atoms with Crippen molar-refractivity contribution in [3.8, 4) is 0 Å². The molecular formula is C22H33N3O4. The van der Waals surface area contributed by atoms with E-state index < -0.39 is 11.3 Å². The first-order valence-corrected chi connectivity index (χ1v) is 10.9. The van der Waals surface area contributed by atoms with E-state index in [0.29, 0.717) is 13.0 Å². The standard InChI is InChI=1S/C22H33N3O4/c1-3-15(14-29-2)23-21(27)18-12-25(17-10-11-17)13-19(20(18)26)22(28)24-16-8-6-4-5-7-9-16/h12-13,15-17H,3-11,14H2,1-2H3,(H,23,27)(H,24,28). The second-order valence-electron chi connectivity index (χ2n) is 8.29. The van der Waals surface area contributed by atoms with E-state index in [1.54, 1.807) is 19.5 Å². The molecule has 1 aromatic rings. The molecule has 2 aliphatic carbocycles. The number of methoxy groups -OCH3 is 1. The van der Waals surface area contributed by atoms with Crippen molar-refractivity contribution in [3.63, 3.8) is 0 Å². The van der Waals surface area contributed by atoms with Crippen LogP contribution in [-0.2, 0) is 4.74 Å². The van der Waals surface area contributed by atoms with Gasteiger partial charge in [-0.3, -0.25) is 14.4 Å². The molecule has 1 aromatic heterocycles. The van der Waals surface area contributed by atoms with E-state index in [-0.39, 0.29) is 35.2 Å². The molecule has 29 heavy (non-hydrogen) atoms. The largest absolute Gasteiger partial charge is 0.383 e. The van der Waals surface area contributed by atoms with Crippen LogP contribution in [0.3, 0.4) is 0 Å². The Labute approximate surface area is 172 Å². The number of hydrogen-bond acceptors (Lipinski definition) is 4. The van der Waals surface area contributed by atoms with Crippen molar-refractivity contribution in [2.45, 2.75) is 82.8 Å². The molecule has 7 heteroatoms. The molecule has 2 amide bonds. The van der Waals surface area contributed by atoms with Gasteiger partial charge >= 0.3 is 0 Å². The average Bonchev–Trinajstić information content (AvgIpc) is 3.55. The zero-order valence-corrected chi connectivity index (χ0v) is 17.5. The maximum Gasteiger partial charge on any atom is 0.257 e. The lowest BCUT2D eigenvalue weighted by Crippen LogP contribution is -2.42. The first kappa shape index (κ1) is 21.6. The van der Waals surface area contributed by atoms with E-state index in [1.807, 2.05) is 11.5 Å². The molecule has 0 radical (unpaired) electrons. The topological polar surface area (TPSA) is 89.4 Å². The Morgan fingerprint density at radius 1 is 1.07 bits per heavy atom. The molecule has 0 spiro atoms. The lowest BCUT2D eigenvalue weighted by atomic mass is 10.1. The fraction of sp³-hybridized carbons (Fsp3) is 0.682. The molecule has 1 atom stereocenters. The highest BCUT2D eigenvalue weighted by Gasteiger charge is 2.28. The van der Waals surface area contributed by atoms with Crippen LogP contribution in [0.25, 0.3) is 0 Å². The van der Waals surface area contributed by atoms with Gasteiger partial charge in [0.25, 0.3) is 11.8 Å². The smallest absolute Gasteiger partial charge is 0.257 e. The van der Waals surface area contributed by atoms with Gasteiger partial charge in [0, 0.05) is 31.6 Å². The predicted molar refractivity (Wildman–Crippen MR) is 111 cm³/mol. The lowest BCUT2D eigenvalue weighted by Gasteiger charge is -2.18. The SMILES string of the molecule is CCC(COC)NC(=O)c1cn(C2CC2)cc(C(=O)NC2CCCCCC2)c1=O. The summed E-state index contributed by atoms with van der Waals surface area (Å²) in [7, 11) is 1.58. The van der Waals surface area contributed by atoms with Gasteiger partial charge in [0.15, 0.2) is 0 Å². The van der Waals surface area contributed by atoms with Crippen LogP contribution < -0.4 is 16.1 Å². The van der Waals surface area contributed by atoms with Gasteiger partial charge in [0.2, 0.25) is 5.43 Å². The minimum Gasteiger partial charge on any atom is -0.383 e. The molecule has 3 rings (SSSR count). The van der Waals surface area contributed by atoms with Crippen LogP contribution in [0.5, 0.6) is 0 Å². The number of hydrogen-bond donors (Lipinski definition) is 2. The van der Waals surface area contributed by atoms with Crippen molar-refractivity contribution in [2.75, 3.05) is 13.7 Å². The van der Waals surface area contributed by atoms with Crippen LogP contribution in [0.4, 0.5) is 0 Å². The number of carbonyl (C=O) groups is 2. The molecule has 2 fully saturated rings. The Kier molecular flexibility index (Phi) is 7.47. The first-order chi connectivity index (χ1) is 14.0. The average molecular weight is 404 g/mol. The summed E-state index contributed by atoms with van der Waals surface area (Å²) in [6.07, 6.45) is 12.4. The summed E-state index contributed by atoms with van der Waals surface area (Å²) >= 11 is 0. The van der Waals surface area contributed by atoms with E-state index in [4.69, 9.17) is 4.74 Å². The highest BCUT2D eigenvalue weighted by molar-refractivity contribution is 5.99. The lowest BCUT2D eigenvalue weighted by molar-refractivity contribution is 0.0892. The van der Waals surface area contributed by atoms with Gasteiger partial charge < -0.3 is 19.9 Å². The summed E-state index contributed by atoms with van der Waals surface area (Å²) in [5, 5.41) is 5.90. The van der Waals surface area contributed by atoms with Crippen LogP contribution in [0.1, 0.15) is 91.5 Å². The highest BCUT2D eigenvalue weighted by Crippen LogP contribution is 2.34. The number of aromatic nitrogens is 1. The Morgan fingerprint density at radius 2 is 1.69 bits per heavy atom. The predicted octanol–water partition coefficient (Wildman–Crippen LogP) is 2.79. The maximum atomic E-state index is 13.0. The molecule has 160 valence electrons. The van der Waals surface area contributed by atoms with Crippen molar-refractivity contribution in [1.82, 2.24) is 15.2 Å². The van der Waals surface area contributed by atoms with Gasteiger partial charge in [0.05, 0.1) is 12.6 Å². The third-order valence-corrected chi connectivity index (χ3v) is 5.89. The summed E-state index contributed by atoms with van der Waals surface area (Å²) < 4.78 is 6.99. The van der Waals surface area contributed by atoms with Gasteiger partial charge in [-0.15, -0.1) is 0 Å².